The van der Waals surface area contributed by atoms with Gasteiger partial charge in [-0.3, -0.25) is 9.78 Å². The molecule has 1 amide bonds. The number of rotatable bonds is 4. The lowest BCUT2D eigenvalue weighted by Gasteiger charge is -2.24. The number of pyridine rings is 1. The van der Waals surface area contributed by atoms with Crippen LogP contribution in [0.1, 0.15) is 11.5 Å². The molecule has 0 aliphatic carbocycles. The first kappa shape index (κ1) is 15.7. The number of aromatic nitrogens is 1. The zero-order chi connectivity index (χ0) is 16.4. The molecule has 0 bridgehead atoms. The summed E-state index contributed by atoms with van der Waals surface area (Å²) in [4.78, 5) is 17.7. The van der Waals surface area contributed by atoms with Crippen molar-refractivity contribution in [3.63, 3.8) is 0 Å². The number of anilines is 1. The molecule has 1 unspecified atom stereocenters. The van der Waals surface area contributed by atoms with Crippen LogP contribution >= 0.6 is 11.6 Å². The van der Waals surface area contributed by atoms with Crippen LogP contribution < -0.4 is 9.64 Å². The third-order valence-corrected chi connectivity index (χ3v) is 3.83. The van der Waals surface area contributed by atoms with E-state index in [1.54, 1.807) is 30.3 Å². The molecule has 23 heavy (non-hydrogen) atoms. The Bertz CT molecular complexity index is 712. The summed E-state index contributed by atoms with van der Waals surface area (Å²) < 4.78 is 31.3. The van der Waals surface area contributed by atoms with E-state index in [-0.39, 0.29) is 6.61 Å². The van der Waals surface area contributed by atoms with E-state index >= 15 is 0 Å². The van der Waals surface area contributed by atoms with E-state index in [0.717, 1.165) is 4.90 Å². The molecule has 0 fully saturated rings. The lowest BCUT2D eigenvalue weighted by atomic mass is 9.99. The number of nitrogens with zero attached hydrogens (tertiary/aromatic N) is 2. The summed E-state index contributed by atoms with van der Waals surface area (Å²) in [5.41, 5.74) is 0.943. The lowest BCUT2D eigenvalue weighted by Crippen LogP contribution is -2.39. The number of carbonyl (C=O) groups is 1. The maximum atomic E-state index is 12.9. The van der Waals surface area contributed by atoms with Crippen LogP contribution in [0.4, 0.5) is 14.5 Å². The molecule has 0 N–H and O–H groups in total. The first-order chi connectivity index (χ1) is 11.1. The van der Waals surface area contributed by atoms with Crippen molar-refractivity contribution in [1.29, 1.82) is 0 Å². The molecular weight excluding hydrogens is 326 g/mol. The molecule has 1 aromatic heterocycles. The molecule has 2 aromatic rings. The van der Waals surface area contributed by atoms with Gasteiger partial charge in [0.1, 0.15) is 18.3 Å². The van der Waals surface area contributed by atoms with Gasteiger partial charge in [-0.1, -0.05) is 11.6 Å². The van der Waals surface area contributed by atoms with Crippen molar-refractivity contribution in [2.45, 2.75) is 12.3 Å². The van der Waals surface area contributed by atoms with Crippen molar-refractivity contribution >= 4 is 23.2 Å². The Balaban J connectivity index is 1.92. The number of amides is 1. The van der Waals surface area contributed by atoms with E-state index < -0.39 is 24.8 Å². The molecule has 3 rings (SSSR count). The monoisotopic (exact) mass is 338 g/mol. The van der Waals surface area contributed by atoms with Gasteiger partial charge < -0.3 is 9.64 Å². The van der Waals surface area contributed by atoms with Gasteiger partial charge in [0, 0.05) is 16.8 Å². The quantitative estimate of drug-likeness (QED) is 0.856. The highest BCUT2D eigenvalue weighted by atomic mass is 35.5. The Labute approximate surface area is 136 Å². The average Bonchev–Trinajstić information content (AvgIpc) is 2.95. The number of benzene rings is 1. The number of hydrogen-bond donors (Lipinski definition) is 0. The number of halogens is 3. The standard InChI is InChI=1S/C16H13ClF2N2O2/c17-10-3-4-14-12(6-10)13(9-23-14)16(22)21(8-15(18)19)11-2-1-5-20-7-11/h1-7,13,15H,8-9H2. The molecule has 1 aliphatic rings. The van der Waals surface area contributed by atoms with Crippen molar-refractivity contribution in [3.05, 3.63) is 53.3 Å². The van der Waals surface area contributed by atoms with Crippen LogP contribution in [0.5, 0.6) is 5.75 Å². The number of fused-ring (bicyclic) bond motifs is 1. The van der Waals surface area contributed by atoms with Crippen molar-refractivity contribution in [1.82, 2.24) is 4.98 Å². The predicted molar refractivity (Wildman–Crippen MR) is 82.3 cm³/mol. The van der Waals surface area contributed by atoms with Gasteiger partial charge in [0.05, 0.1) is 18.4 Å². The van der Waals surface area contributed by atoms with Crippen LogP contribution in [0, 0.1) is 0 Å². The molecular formula is C16H13ClF2N2O2. The molecule has 1 aromatic carbocycles. The van der Waals surface area contributed by atoms with Gasteiger partial charge in [-0.2, -0.15) is 0 Å². The van der Waals surface area contributed by atoms with Crippen LogP contribution in [0.3, 0.4) is 0 Å². The summed E-state index contributed by atoms with van der Waals surface area (Å²) in [6.07, 6.45) is 0.248. The molecule has 2 heterocycles. The Hall–Kier alpha value is -2.21. The topological polar surface area (TPSA) is 42.4 Å². The van der Waals surface area contributed by atoms with E-state index in [1.807, 2.05) is 0 Å². The van der Waals surface area contributed by atoms with Crippen LogP contribution in [0.15, 0.2) is 42.7 Å². The van der Waals surface area contributed by atoms with Crippen LogP contribution in [-0.4, -0.2) is 30.5 Å². The van der Waals surface area contributed by atoms with Crippen molar-refractivity contribution in [2.24, 2.45) is 0 Å². The summed E-state index contributed by atoms with van der Waals surface area (Å²) in [6.45, 7) is -0.592. The third kappa shape index (κ3) is 3.27. The fraction of sp³-hybridized carbons (Fsp3) is 0.250. The fourth-order valence-electron chi connectivity index (χ4n) is 2.55. The zero-order valence-electron chi connectivity index (χ0n) is 12.0. The molecule has 0 radical (unpaired) electrons. The van der Waals surface area contributed by atoms with Crippen molar-refractivity contribution in [2.75, 3.05) is 18.1 Å². The molecule has 1 atom stereocenters. The number of ether oxygens (including phenoxy) is 1. The van der Waals surface area contributed by atoms with E-state index in [1.165, 1.54) is 12.4 Å². The van der Waals surface area contributed by atoms with E-state index in [0.29, 0.717) is 22.0 Å². The first-order valence-electron chi connectivity index (χ1n) is 6.98. The van der Waals surface area contributed by atoms with Gasteiger partial charge in [0.15, 0.2) is 0 Å². The Morgan fingerprint density at radius 1 is 1.43 bits per heavy atom. The lowest BCUT2D eigenvalue weighted by molar-refractivity contribution is -0.120. The smallest absolute Gasteiger partial charge is 0.256 e. The van der Waals surface area contributed by atoms with Crippen LogP contribution in [-0.2, 0) is 4.79 Å². The molecule has 0 spiro atoms. The summed E-state index contributed by atoms with van der Waals surface area (Å²) in [5, 5.41) is 0.467. The van der Waals surface area contributed by atoms with Crippen molar-refractivity contribution in [3.8, 4) is 5.75 Å². The molecule has 120 valence electrons. The summed E-state index contributed by atoms with van der Waals surface area (Å²) in [6, 6.07) is 8.13. The van der Waals surface area contributed by atoms with Gasteiger partial charge in [-0.15, -0.1) is 0 Å². The highest BCUT2D eigenvalue weighted by molar-refractivity contribution is 6.30. The van der Waals surface area contributed by atoms with Gasteiger partial charge in [0.25, 0.3) is 6.43 Å². The SMILES string of the molecule is O=C(C1COc2ccc(Cl)cc21)N(CC(F)F)c1cccnc1. The number of hydrogen-bond acceptors (Lipinski definition) is 3. The zero-order valence-corrected chi connectivity index (χ0v) is 12.7. The van der Waals surface area contributed by atoms with Gasteiger partial charge >= 0.3 is 0 Å². The fourth-order valence-corrected chi connectivity index (χ4v) is 2.73. The summed E-state index contributed by atoms with van der Waals surface area (Å²) in [7, 11) is 0. The van der Waals surface area contributed by atoms with Crippen LogP contribution in [0.2, 0.25) is 5.02 Å². The summed E-state index contributed by atoms with van der Waals surface area (Å²) >= 11 is 5.96. The molecule has 1 aliphatic heterocycles. The van der Waals surface area contributed by atoms with Gasteiger partial charge in [0.2, 0.25) is 5.91 Å². The highest BCUT2D eigenvalue weighted by Gasteiger charge is 2.35. The van der Waals surface area contributed by atoms with Crippen LogP contribution in [0.25, 0.3) is 0 Å². The van der Waals surface area contributed by atoms with Gasteiger partial charge in [-0.05, 0) is 30.3 Å². The second kappa shape index (κ2) is 6.50. The Morgan fingerprint density at radius 3 is 2.96 bits per heavy atom. The Morgan fingerprint density at radius 2 is 2.26 bits per heavy atom. The largest absolute Gasteiger partial charge is 0.492 e. The minimum Gasteiger partial charge on any atom is -0.492 e. The second-order valence-electron chi connectivity index (χ2n) is 5.10. The number of alkyl halides is 2. The average molecular weight is 339 g/mol. The number of carbonyl (C=O) groups excluding carboxylic acids is 1. The molecule has 0 saturated heterocycles. The Kier molecular flexibility index (Phi) is 4.43. The molecule has 7 heteroatoms. The maximum absolute atomic E-state index is 12.9. The first-order valence-corrected chi connectivity index (χ1v) is 7.36. The van der Waals surface area contributed by atoms with E-state index in [2.05, 4.69) is 4.98 Å². The summed E-state index contributed by atoms with van der Waals surface area (Å²) in [5.74, 6) is -0.571. The van der Waals surface area contributed by atoms with Crippen molar-refractivity contribution < 1.29 is 18.3 Å². The molecule has 4 nitrogen and oxygen atoms in total. The highest BCUT2D eigenvalue weighted by Crippen LogP contribution is 2.37. The van der Waals surface area contributed by atoms with Gasteiger partial charge in [-0.25, -0.2) is 8.78 Å². The minimum absolute atomic E-state index is 0.106. The molecule has 0 saturated carbocycles. The minimum atomic E-state index is -2.65. The van der Waals surface area contributed by atoms with E-state index in [4.69, 9.17) is 16.3 Å². The van der Waals surface area contributed by atoms with E-state index in [9.17, 15) is 13.6 Å². The predicted octanol–water partition coefficient (Wildman–Crippen LogP) is 3.51. The maximum Gasteiger partial charge on any atom is 0.256 e. The second-order valence-corrected chi connectivity index (χ2v) is 5.53. The third-order valence-electron chi connectivity index (χ3n) is 3.60. The normalized spacial score (nSPS) is 16.1.